The lowest BCUT2D eigenvalue weighted by atomic mass is 10.1. The molecule has 20 heavy (non-hydrogen) atoms. The largest absolute Gasteiger partial charge is 0.493 e. The molecule has 0 spiro atoms. The van der Waals surface area contributed by atoms with E-state index in [-0.39, 0.29) is 0 Å². The SMILES string of the molecule is COc1cc(Cl)cc(CN)c1OCc1ccccc1C. The Bertz CT molecular complexity index is 574. The molecule has 106 valence electrons. The van der Waals surface area contributed by atoms with Gasteiger partial charge in [-0.25, -0.2) is 0 Å². The van der Waals surface area contributed by atoms with Crippen LogP contribution < -0.4 is 15.2 Å². The van der Waals surface area contributed by atoms with Crippen LogP contribution in [0.5, 0.6) is 11.5 Å². The Balaban J connectivity index is 2.27. The Kier molecular flexibility index (Phi) is 4.88. The van der Waals surface area contributed by atoms with Gasteiger partial charge in [-0.1, -0.05) is 35.9 Å². The molecule has 2 N–H and O–H groups in total. The number of aryl methyl sites for hydroxylation is 1. The Morgan fingerprint density at radius 1 is 1.15 bits per heavy atom. The van der Waals surface area contributed by atoms with E-state index in [0.29, 0.717) is 29.7 Å². The van der Waals surface area contributed by atoms with Gasteiger partial charge in [-0.3, -0.25) is 0 Å². The Hall–Kier alpha value is -1.71. The van der Waals surface area contributed by atoms with Gasteiger partial charge in [0.2, 0.25) is 0 Å². The van der Waals surface area contributed by atoms with Gasteiger partial charge in [-0.15, -0.1) is 0 Å². The van der Waals surface area contributed by atoms with Gasteiger partial charge < -0.3 is 15.2 Å². The smallest absolute Gasteiger partial charge is 0.166 e. The molecular weight excluding hydrogens is 274 g/mol. The summed E-state index contributed by atoms with van der Waals surface area (Å²) in [6.07, 6.45) is 0. The van der Waals surface area contributed by atoms with E-state index in [2.05, 4.69) is 13.0 Å². The highest BCUT2D eigenvalue weighted by molar-refractivity contribution is 6.30. The molecule has 4 heteroatoms. The first-order valence-electron chi connectivity index (χ1n) is 6.39. The van der Waals surface area contributed by atoms with Crippen molar-refractivity contribution in [3.63, 3.8) is 0 Å². The van der Waals surface area contributed by atoms with E-state index >= 15 is 0 Å². The zero-order chi connectivity index (χ0) is 14.5. The quantitative estimate of drug-likeness (QED) is 0.913. The summed E-state index contributed by atoms with van der Waals surface area (Å²) in [6.45, 7) is 2.87. The van der Waals surface area contributed by atoms with Crippen molar-refractivity contribution in [2.75, 3.05) is 7.11 Å². The fraction of sp³-hybridized carbons (Fsp3) is 0.250. The van der Waals surface area contributed by atoms with E-state index in [4.69, 9.17) is 26.8 Å². The molecule has 0 bridgehead atoms. The molecule has 0 saturated carbocycles. The predicted octanol–water partition coefficient (Wildman–Crippen LogP) is 3.69. The summed E-state index contributed by atoms with van der Waals surface area (Å²) < 4.78 is 11.2. The minimum atomic E-state index is 0.347. The maximum Gasteiger partial charge on any atom is 0.166 e. The van der Waals surface area contributed by atoms with Crippen LogP contribution in [-0.4, -0.2) is 7.11 Å². The van der Waals surface area contributed by atoms with Gasteiger partial charge in [-0.05, 0) is 24.1 Å². The van der Waals surface area contributed by atoms with Crippen molar-refractivity contribution in [1.82, 2.24) is 0 Å². The standard InChI is InChI=1S/C16H18ClNO2/c1-11-5-3-4-6-12(11)10-20-16-13(9-18)7-14(17)8-15(16)19-2/h3-8H,9-10,18H2,1-2H3. The maximum absolute atomic E-state index is 6.03. The normalized spacial score (nSPS) is 10.4. The van der Waals surface area contributed by atoms with Crippen molar-refractivity contribution in [2.45, 2.75) is 20.1 Å². The first-order chi connectivity index (χ1) is 9.65. The molecule has 0 heterocycles. The molecule has 0 aliphatic carbocycles. The van der Waals surface area contributed by atoms with E-state index in [0.717, 1.165) is 11.1 Å². The van der Waals surface area contributed by atoms with Crippen LogP contribution in [0, 0.1) is 6.92 Å². The fourth-order valence-electron chi connectivity index (χ4n) is 2.01. The molecule has 0 aromatic heterocycles. The Labute approximate surface area is 124 Å². The van der Waals surface area contributed by atoms with Gasteiger partial charge in [0.05, 0.1) is 7.11 Å². The zero-order valence-corrected chi connectivity index (χ0v) is 12.4. The first kappa shape index (κ1) is 14.7. The Morgan fingerprint density at radius 2 is 1.90 bits per heavy atom. The van der Waals surface area contributed by atoms with Crippen molar-refractivity contribution in [3.8, 4) is 11.5 Å². The molecule has 2 aromatic rings. The van der Waals surface area contributed by atoms with Crippen molar-refractivity contribution in [1.29, 1.82) is 0 Å². The summed E-state index contributed by atoms with van der Waals surface area (Å²) in [7, 11) is 1.59. The van der Waals surface area contributed by atoms with E-state index in [9.17, 15) is 0 Å². The fourth-order valence-corrected chi connectivity index (χ4v) is 2.24. The summed E-state index contributed by atoms with van der Waals surface area (Å²) >= 11 is 6.03. The average Bonchev–Trinajstić information content (AvgIpc) is 2.46. The van der Waals surface area contributed by atoms with Crippen LogP contribution in [-0.2, 0) is 13.2 Å². The number of ether oxygens (including phenoxy) is 2. The topological polar surface area (TPSA) is 44.5 Å². The second kappa shape index (κ2) is 6.64. The first-order valence-corrected chi connectivity index (χ1v) is 6.77. The van der Waals surface area contributed by atoms with Gasteiger partial charge in [0, 0.05) is 23.2 Å². The van der Waals surface area contributed by atoms with Crippen LogP contribution in [0.1, 0.15) is 16.7 Å². The molecule has 0 fully saturated rings. The lowest BCUT2D eigenvalue weighted by Crippen LogP contribution is -2.05. The number of rotatable bonds is 5. The molecule has 2 aromatic carbocycles. The highest BCUT2D eigenvalue weighted by Crippen LogP contribution is 2.35. The van der Waals surface area contributed by atoms with Crippen molar-refractivity contribution in [3.05, 3.63) is 58.1 Å². The average molecular weight is 292 g/mol. The molecule has 0 atom stereocenters. The number of hydrogen-bond acceptors (Lipinski definition) is 3. The maximum atomic E-state index is 6.03. The van der Waals surface area contributed by atoms with Crippen LogP contribution in [0.4, 0.5) is 0 Å². The molecule has 2 rings (SSSR count). The highest BCUT2D eigenvalue weighted by atomic mass is 35.5. The zero-order valence-electron chi connectivity index (χ0n) is 11.7. The molecule has 0 saturated heterocycles. The van der Waals surface area contributed by atoms with Crippen LogP contribution in [0.3, 0.4) is 0 Å². The van der Waals surface area contributed by atoms with Crippen molar-refractivity contribution < 1.29 is 9.47 Å². The van der Waals surface area contributed by atoms with Gasteiger partial charge in [-0.2, -0.15) is 0 Å². The lowest BCUT2D eigenvalue weighted by Gasteiger charge is -2.15. The van der Waals surface area contributed by atoms with E-state index in [1.54, 1.807) is 19.2 Å². The number of nitrogens with two attached hydrogens (primary N) is 1. The molecule has 0 aliphatic heterocycles. The molecule has 0 aliphatic rings. The summed E-state index contributed by atoms with van der Waals surface area (Å²) in [6, 6.07) is 11.6. The minimum absolute atomic E-state index is 0.347. The second-order valence-electron chi connectivity index (χ2n) is 4.52. The van der Waals surface area contributed by atoms with Crippen molar-refractivity contribution >= 4 is 11.6 Å². The lowest BCUT2D eigenvalue weighted by molar-refractivity contribution is 0.281. The minimum Gasteiger partial charge on any atom is -0.493 e. The van der Waals surface area contributed by atoms with Gasteiger partial charge in [0.25, 0.3) is 0 Å². The summed E-state index contributed by atoms with van der Waals surface area (Å²) in [5.41, 5.74) is 8.91. The number of methoxy groups -OCH3 is 1. The third-order valence-corrected chi connectivity index (χ3v) is 3.39. The van der Waals surface area contributed by atoms with Gasteiger partial charge in [0.15, 0.2) is 11.5 Å². The number of hydrogen-bond donors (Lipinski definition) is 1. The molecular formula is C16H18ClNO2. The molecule has 0 radical (unpaired) electrons. The number of halogens is 1. The van der Waals surface area contributed by atoms with Crippen molar-refractivity contribution in [2.24, 2.45) is 5.73 Å². The van der Waals surface area contributed by atoms with Gasteiger partial charge in [0.1, 0.15) is 6.61 Å². The predicted molar refractivity (Wildman–Crippen MR) is 81.4 cm³/mol. The van der Waals surface area contributed by atoms with Gasteiger partial charge >= 0.3 is 0 Å². The van der Waals surface area contributed by atoms with E-state index in [1.807, 2.05) is 18.2 Å². The monoisotopic (exact) mass is 291 g/mol. The summed E-state index contributed by atoms with van der Waals surface area (Å²) in [4.78, 5) is 0. The molecule has 3 nitrogen and oxygen atoms in total. The van der Waals surface area contributed by atoms with E-state index in [1.165, 1.54) is 5.56 Å². The van der Waals surface area contributed by atoms with Crippen LogP contribution in [0.15, 0.2) is 36.4 Å². The Morgan fingerprint density at radius 3 is 2.55 bits per heavy atom. The third kappa shape index (κ3) is 3.24. The number of benzene rings is 2. The molecule has 0 amide bonds. The third-order valence-electron chi connectivity index (χ3n) is 3.17. The van der Waals surface area contributed by atoms with Crippen LogP contribution in [0.25, 0.3) is 0 Å². The van der Waals surface area contributed by atoms with E-state index < -0.39 is 0 Å². The van der Waals surface area contributed by atoms with Crippen LogP contribution in [0.2, 0.25) is 5.02 Å². The van der Waals surface area contributed by atoms with Crippen LogP contribution >= 0.6 is 11.6 Å². The highest BCUT2D eigenvalue weighted by Gasteiger charge is 2.12. The molecule has 0 unspecified atom stereocenters. The summed E-state index contributed by atoms with van der Waals surface area (Å²) in [5, 5.41) is 0.588. The summed E-state index contributed by atoms with van der Waals surface area (Å²) in [5.74, 6) is 1.26. The second-order valence-corrected chi connectivity index (χ2v) is 4.95.